The number of H-pyrrole nitrogens is 1. The van der Waals surface area contributed by atoms with E-state index in [1.165, 1.54) is 0 Å². The number of hydrogen-bond acceptors (Lipinski definition) is 3. The Labute approximate surface area is 147 Å². The van der Waals surface area contributed by atoms with Crippen LogP contribution in [0.1, 0.15) is 47.6 Å². The van der Waals surface area contributed by atoms with Crippen molar-refractivity contribution in [1.29, 1.82) is 0 Å². The van der Waals surface area contributed by atoms with Gasteiger partial charge in [-0.3, -0.25) is 14.8 Å². The zero-order chi connectivity index (χ0) is 17.4. The quantitative estimate of drug-likeness (QED) is 0.782. The third kappa shape index (κ3) is 3.00. The number of Topliss-reactive ketones (excluding diaryl/α,β-unsaturated/α-hetero) is 1. The summed E-state index contributed by atoms with van der Waals surface area (Å²) in [5, 5.41) is 0. The Hall–Kier alpha value is -2.75. The third-order valence-electron chi connectivity index (χ3n) is 4.81. The Morgan fingerprint density at radius 3 is 2.60 bits per heavy atom. The molecule has 3 aromatic heterocycles. The highest BCUT2D eigenvalue weighted by molar-refractivity contribution is 6.02. The molecule has 0 aromatic carbocycles. The van der Waals surface area contributed by atoms with Crippen molar-refractivity contribution in [2.45, 2.75) is 33.1 Å². The van der Waals surface area contributed by atoms with Crippen LogP contribution in [0.5, 0.6) is 0 Å². The van der Waals surface area contributed by atoms with Gasteiger partial charge in [0.1, 0.15) is 0 Å². The maximum absolute atomic E-state index is 12.9. The Kier molecular flexibility index (Phi) is 3.75. The zero-order valence-electron chi connectivity index (χ0n) is 14.5. The average molecular weight is 331 g/mol. The topological polar surface area (TPSA) is 58.6 Å². The first-order chi connectivity index (χ1) is 12.0. The van der Waals surface area contributed by atoms with E-state index in [-0.39, 0.29) is 11.2 Å². The summed E-state index contributed by atoms with van der Waals surface area (Å²) in [6.07, 6.45) is 7.48. The van der Waals surface area contributed by atoms with E-state index in [2.05, 4.69) is 28.8 Å². The molecule has 0 bridgehead atoms. The molecule has 0 aliphatic heterocycles. The van der Waals surface area contributed by atoms with Crippen LogP contribution in [0.15, 0.2) is 48.9 Å². The first kappa shape index (κ1) is 15.8. The fourth-order valence-electron chi connectivity index (χ4n) is 3.75. The van der Waals surface area contributed by atoms with Crippen LogP contribution in [0.4, 0.5) is 0 Å². The van der Waals surface area contributed by atoms with E-state index in [9.17, 15) is 4.79 Å². The minimum absolute atomic E-state index is 0.00723. The number of ketones is 1. The first-order valence-corrected chi connectivity index (χ1v) is 8.61. The summed E-state index contributed by atoms with van der Waals surface area (Å²) in [6, 6.07) is 9.86. The number of fused-ring (bicyclic) bond motifs is 1. The summed E-state index contributed by atoms with van der Waals surface area (Å²) in [5.41, 5.74) is 6.02. The molecule has 4 heteroatoms. The molecule has 0 spiro atoms. The molecule has 0 unspecified atom stereocenters. The van der Waals surface area contributed by atoms with Crippen LogP contribution >= 0.6 is 0 Å². The highest BCUT2D eigenvalue weighted by Crippen LogP contribution is 2.40. The predicted octanol–water partition coefficient (Wildman–Crippen LogP) is 4.22. The maximum Gasteiger partial charge on any atom is 0.165 e. The van der Waals surface area contributed by atoms with Gasteiger partial charge in [-0.15, -0.1) is 0 Å². The van der Waals surface area contributed by atoms with Gasteiger partial charge >= 0.3 is 0 Å². The van der Waals surface area contributed by atoms with E-state index in [1.54, 1.807) is 18.6 Å². The standard InChI is InChI=1S/C21H21N3O/c1-21(2)12-17-19(18(25)13-21)16(11-15-5-3-4-8-23-15)20(24-17)14-6-9-22-10-7-14/h3-10,24H,11-13H2,1-2H3. The van der Waals surface area contributed by atoms with Crippen molar-refractivity contribution in [3.8, 4) is 11.3 Å². The average Bonchev–Trinajstić information content (AvgIpc) is 2.93. The fourth-order valence-corrected chi connectivity index (χ4v) is 3.75. The SMILES string of the molecule is CC1(C)CC(=O)c2c([nH]c(-c3ccncc3)c2Cc2ccccn2)C1. The van der Waals surface area contributed by atoms with Gasteiger partial charge in [0.05, 0.1) is 5.69 Å². The molecule has 1 aliphatic rings. The summed E-state index contributed by atoms with van der Waals surface area (Å²) in [7, 11) is 0. The fraction of sp³-hybridized carbons (Fsp3) is 0.286. The highest BCUT2D eigenvalue weighted by atomic mass is 16.1. The molecule has 0 radical (unpaired) electrons. The molecule has 0 saturated heterocycles. The smallest absolute Gasteiger partial charge is 0.165 e. The normalized spacial score (nSPS) is 15.8. The highest BCUT2D eigenvalue weighted by Gasteiger charge is 2.35. The lowest BCUT2D eigenvalue weighted by Crippen LogP contribution is -2.27. The van der Waals surface area contributed by atoms with Crippen molar-refractivity contribution < 1.29 is 4.79 Å². The summed E-state index contributed by atoms with van der Waals surface area (Å²) >= 11 is 0. The van der Waals surface area contributed by atoms with Crippen molar-refractivity contribution >= 4 is 5.78 Å². The van der Waals surface area contributed by atoms with Gasteiger partial charge in [-0.05, 0) is 41.7 Å². The Bertz CT molecular complexity index is 911. The molecule has 1 N–H and O–H groups in total. The minimum Gasteiger partial charge on any atom is -0.358 e. The van der Waals surface area contributed by atoms with E-state index < -0.39 is 0 Å². The second-order valence-corrected chi connectivity index (χ2v) is 7.51. The lowest BCUT2D eigenvalue weighted by atomic mass is 9.75. The van der Waals surface area contributed by atoms with E-state index in [1.807, 2.05) is 30.3 Å². The van der Waals surface area contributed by atoms with E-state index in [0.29, 0.717) is 12.8 Å². The molecule has 1 aliphatic carbocycles. The van der Waals surface area contributed by atoms with Gasteiger partial charge in [0.15, 0.2) is 5.78 Å². The molecule has 3 heterocycles. The molecule has 0 fully saturated rings. The van der Waals surface area contributed by atoms with Crippen LogP contribution in [-0.2, 0) is 12.8 Å². The number of aromatic nitrogens is 3. The van der Waals surface area contributed by atoms with Crippen LogP contribution in [0.3, 0.4) is 0 Å². The van der Waals surface area contributed by atoms with E-state index >= 15 is 0 Å². The Balaban J connectivity index is 1.88. The number of nitrogens with one attached hydrogen (secondary N) is 1. The summed E-state index contributed by atoms with van der Waals surface area (Å²) in [5.74, 6) is 0.230. The molecule has 126 valence electrons. The van der Waals surface area contributed by atoms with Gasteiger partial charge < -0.3 is 4.98 Å². The molecule has 4 rings (SSSR count). The largest absolute Gasteiger partial charge is 0.358 e. The van der Waals surface area contributed by atoms with Crippen molar-refractivity contribution in [2.24, 2.45) is 5.41 Å². The molecular formula is C21H21N3O. The predicted molar refractivity (Wildman–Crippen MR) is 97.5 cm³/mol. The molecule has 4 nitrogen and oxygen atoms in total. The van der Waals surface area contributed by atoms with E-state index in [4.69, 9.17) is 0 Å². The van der Waals surface area contributed by atoms with Gasteiger partial charge in [0, 0.05) is 53.9 Å². The number of nitrogens with zero attached hydrogens (tertiary/aromatic N) is 2. The molecule has 3 aromatic rings. The van der Waals surface area contributed by atoms with Gasteiger partial charge in [-0.1, -0.05) is 19.9 Å². The molecule has 25 heavy (non-hydrogen) atoms. The van der Waals surface area contributed by atoms with Crippen molar-refractivity contribution in [2.75, 3.05) is 0 Å². The molecule has 0 amide bonds. The van der Waals surface area contributed by atoms with Crippen molar-refractivity contribution in [3.05, 3.63) is 71.4 Å². The van der Waals surface area contributed by atoms with Crippen molar-refractivity contribution in [1.82, 2.24) is 15.0 Å². The Morgan fingerprint density at radius 2 is 1.88 bits per heavy atom. The van der Waals surface area contributed by atoms with Gasteiger partial charge in [0.25, 0.3) is 0 Å². The van der Waals surface area contributed by atoms with Gasteiger partial charge in [-0.2, -0.15) is 0 Å². The van der Waals surface area contributed by atoms with Crippen LogP contribution in [0.25, 0.3) is 11.3 Å². The minimum atomic E-state index is -0.00723. The van der Waals surface area contributed by atoms with Gasteiger partial charge in [-0.25, -0.2) is 0 Å². The number of carbonyl (C=O) groups excluding carboxylic acids is 1. The van der Waals surface area contributed by atoms with E-state index in [0.717, 1.165) is 40.2 Å². The number of aromatic amines is 1. The first-order valence-electron chi connectivity index (χ1n) is 8.61. The maximum atomic E-state index is 12.9. The molecule has 0 saturated carbocycles. The summed E-state index contributed by atoms with van der Waals surface area (Å²) in [6.45, 7) is 4.30. The lowest BCUT2D eigenvalue weighted by molar-refractivity contribution is 0.0911. The number of pyridine rings is 2. The summed E-state index contributed by atoms with van der Waals surface area (Å²) < 4.78 is 0. The zero-order valence-corrected chi connectivity index (χ0v) is 14.5. The number of carbonyl (C=O) groups is 1. The lowest BCUT2D eigenvalue weighted by Gasteiger charge is -2.28. The van der Waals surface area contributed by atoms with Crippen LogP contribution in [0, 0.1) is 5.41 Å². The van der Waals surface area contributed by atoms with Crippen LogP contribution in [0.2, 0.25) is 0 Å². The Morgan fingerprint density at radius 1 is 1.08 bits per heavy atom. The monoisotopic (exact) mass is 331 g/mol. The number of hydrogen-bond donors (Lipinski definition) is 1. The summed E-state index contributed by atoms with van der Waals surface area (Å²) in [4.78, 5) is 25.0. The molecule has 0 atom stereocenters. The molecular weight excluding hydrogens is 310 g/mol. The van der Waals surface area contributed by atoms with Crippen molar-refractivity contribution in [3.63, 3.8) is 0 Å². The third-order valence-corrected chi connectivity index (χ3v) is 4.81. The van der Waals surface area contributed by atoms with Crippen LogP contribution in [-0.4, -0.2) is 20.7 Å². The second-order valence-electron chi connectivity index (χ2n) is 7.51. The second kappa shape index (κ2) is 5.96. The number of rotatable bonds is 3. The van der Waals surface area contributed by atoms with Gasteiger partial charge in [0.2, 0.25) is 0 Å². The van der Waals surface area contributed by atoms with Crippen LogP contribution < -0.4 is 0 Å².